The van der Waals surface area contributed by atoms with E-state index < -0.39 is 0 Å². The van der Waals surface area contributed by atoms with Gasteiger partial charge in [-0.05, 0) is 17.7 Å². The van der Waals surface area contributed by atoms with Gasteiger partial charge in [-0.3, -0.25) is 4.68 Å². The molecular weight excluding hydrogens is 270 g/mol. The lowest BCUT2D eigenvalue weighted by Crippen LogP contribution is -1.92. The normalized spacial score (nSPS) is 10.8. The molecule has 0 radical (unpaired) electrons. The van der Waals surface area contributed by atoms with E-state index in [2.05, 4.69) is 17.2 Å². The third-order valence-corrected chi connectivity index (χ3v) is 4.41. The summed E-state index contributed by atoms with van der Waals surface area (Å²) in [6, 6.07) is 10.3. The fourth-order valence-corrected chi connectivity index (χ4v) is 3.56. The Balaban J connectivity index is 2.23. The number of ether oxygens (including phenoxy) is 1. The third kappa shape index (κ3) is 1.99. The van der Waals surface area contributed by atoms with Crippen molar-refractivity contribution in [2.75, 3.05) is 7.11 Å². The summed E-state index contributed by atoms with van der Waals surface area (Å²) in [5, 5.41) is 14.6. The highest BCUT2D eigenvalue weighted by molar-refractivity contribution is 7.22. The number of hydrogen-bond donors (Lipinski definition) is 0. The molecule has 0 N–H and O–H groups in total. The largest absolute Gasteiger partial charge is 0.380 e. The molecule has 0 bridgehead atoms. The summed E-state index contributed by atoms with van der Waals surface area (Å²) in [5.74, 6) is 0. The average Bonchev–Trinajstić information content (AvgIpc) is 3.01. The first-order valence-corrected chi connectivity index (χ1v) is 6.99. The molecule has 20 heavy (non-hydrogen) atoms. The first-order chi connectivity index (χ1) is 9.74. The van der Waals surface area contributed by atoms with Gasteiger partial charge in [0, 0.05) is 30.4 Å². The minimum atomic E-state index is 0.580. The van der Waals surface area contributed by atoms with Crippen LogP contribution in [0.2, 0.25) is 0 Å². The number of nitrogens with zero attached hydrogens (tertiary/aromatic N) is 3. The molecule has 0 atom stereocenters. The van der Waals surface area contributed by atoms with Crippen LogP contribution in [0.4, 0.5) is 0 Å². The number of hydrogen-bond acceptors (Lipinski definition) is 4. The van der Waals surface area contributed by atoms with Crippen LogP contribution < -0.4 is 0 Å². The van der Waals surface area contributed by atoms with Crippen LogP contribution in [0.1, 0.15) is 11.1 Å². The van der Waals surface area contributed by atoms with Gasteiger partial charge >= 0.3 is 0 Å². The zero-order valence-corrected chi connectivity index (χ0v) is 12.1. The van der Waals surface area contributed by atoms with E-state index in [0.29, 0.717) is 6.61 Å². The van der Waals surface area contributed by atoms with E-state index in [1.807, 2.05) is 25.2 Å². The molecule has 1 aromatic carbocycles. The van der Waals surface area contributed by atoms with E-state index in [1.165, 1.54) is 0 Å². The van der Waals surface area contributed by atoms with Crippen LogP contribution in [0.25, 0.3) is 20.7 Å². The summed E-state index contributed by atoms with van der Waals surface area (Å²) in [7, 11) is 3.57. The Bertz CT molecular complexity index is 810. The summed E-state index contributed by atoms with van der Waals surface area (Å²) in [5.41, 5.74) is 2.80. The first-order valence-electron chi connectivity index (χ1n) is 6.17. The highest BCUT2D eigenvalue weighted by Crippen LogP contribution is 2.38. The van der Waals surface area contributed by atoms with E-state index in [0.717, 1.165) is 31.8 Å². The highest BCUT2D eigenvalue weighted by atomic mass is 32.1. The van der Waals surface area contributed by atoms with Crippen LogP contribution in [0.5, 0.6) is 0 Å². The topological polar surface area (TPSA) is 50.8 Å². The summed E-state index contributed by atoms with van der Waals surface area (Å²) in [6.45, 7) is 0.580. The summed E-state index contributed by atoms with van der Waals surface area (Å²) in [6.07, 6.45) is 1.75. The summed E-state index contributed by atoms with van der Waals surface area (Å²) >= 11 is 1.62. The van der Waals surface area contributed by atoms with Gasteiger partial charge in [0.15, 0.2) is 0 Å². The van der Waals surface area contributed by atoms with Crippen LogP contribution in [-0.4, -0.2) is 16.9 Å². The number of thiophene rings is 1. The molecule has 2 heterocycles. The quantitative estimate of drug-likeness (QED) is 0.741. The second kappa shape index (κ2) is 5.08. The van der Waals surface area contributed by atoms with E-state index in [4.69, 9.17) is 4.74 Å². The predicted molar refractivity (Wildman–Crippen MR) is 79.5 cm³/mol. The second-order valence-corrected chi connectivity index (χ2v) is 5.57. The SMILES string of the molecule is COCc1ccc2c(C#N)c(-c3ccnn3C)sc2c1. The van der Waals surface area contributed by atoms with Crippen molar-refractivity contribution in [3.63, 3.8) is 0 Å². The van der Waals surface area contributed by atoms with Crippen LogP contribution in [0, 0.1) is 11.3 Å². The van der Waals surface area contributed by atoms with Gasteiger partial charge in [0.2, 0.25) is 0 Å². The van der Waals surface area contributed by atoms with Crippen LogP contribution in [-0.2, 0) is 18.4 Å². The zero-order valence-electron chi connectivity index (χ0n) is 11.3. The van der Waals surface area contributed by atoms with Crippen molar-refractivity contribution >= 4 is 21.4 Å². The number of aromatic nitrogens is 2. The fourth-order valence-electron chi connectivity index (χ4n) is 2.29. The van der Waals surface area contributed by atoms with Gasteiger partial charge < -0.3 is 4.74 Å². The Kier molecular flexibility index (Phi) is 3.26. The molecule has 100 valence electrons. The maximum absolute atomic E-state index is 9.47. The van der Waals surface area contributed by atoms with Crippen molar-refractivity contribution in [3.05, 3.63) is 41.6 Å². The standard InChI is InChI=1S/C15H13N3OS/c1-18-13(5-6-17-18)15-12(8-16)11-4-3-10(9-19-2)7-14(11)20-15/h3-7H,9H2,1-2H3. The molecule has 4 nitrogen and oxygen atoms in total. The van der Waals surface area contributed by atoms with Crippen molar-refractivity contribution in [2.45, 2.75) is 6.61 Å². The van der Waals surface area contributed by atoms with Crippen molar-refractivity contribution in [1.82, 2.24) is 9.78 Å². The number of rotatable bonds is 3. The van der Waals surface area contributed by atoms with E-state index in [-0.39, 0.29) is 0 Å². The molecule has 0 unspecified atom stereocenters. The molecule has 2 aromatic heterocycles. The third-order valence-electron chi connectivity index (χ3n) is 3.23. The minimum Gasteiger partial charge on any atom is -0.380 e. The molecule has 0 aliphatic rings. The van der Waals surface area contributed by atoms with Gasteiger partial charge in [-0.15, -0.1) is 11.3 Å². The molecule has 0 saturated heterocycles. The molecule has 0 aliphatic carbocycles. The lowest BCUT2D eigenvalue weighted by Gasteiger charge is -1.99. The molecule has 0 spiro atoms. The number of fused-ring (bicyclic) bond motifs is 1. The van der Waals surface area contributed by atoms with Gasteiger partial charge in [0.1, 0.15) is 6.07 Å². The van der Waals surface area contributed by atoms with Crippen LogP contribution in [0.15, 0.2) is 30.5 Å². The molecule has 5 heteroatoms. The average molecular weight is 283 g/mol. The zero-order chi connectivity index (χ0) is 14.1. The first kappa shape index (κ1) is 12.9. The van der Waals surface area contributed by atoms with Crippen LogP contribution >= 0.6 is 11.3 Å². The molecule has 0 amide bonds. The highest BCUT2D eigenvalue weighted by Gasteiger charge is 2.16. The number of aryl methyl sites for hydroxylation is 1. The molecule has 3 aromatic rings. The van der Waals surface area contributed by atoms with E-state index in [1.54, 1.807) is 29.3 Å². The second-order valence-electron chi connectivity index (χ2n) is 4.52. The van der Waals surface area contributed by atoms with Crippen molar-refractivity contribution in [1.29, 1.82) is 5.26 Å². The Hall–Kier alpha value is -2.16. The number of methoxy groups -OCH3 is 1. The summed E-state index contributed by atoms with van der Waals surface area (Å²) < 4.78 is 8.05. The lowest BCUT2D eigenvalue weighted by molar-refractivity contribution is 0.185. The van der Waals surface area contributed by atoms with Crippen molar-refractivity contribution in [3.8, 4) is 16.6 Å². The molecular formula is C15H13N3OS. The molecule has 0 saturated carbocycles. The van der Waals surface area contributed by atoms with E-state index >= 15 is 0 Å². The van der Waals surface area contributed by atoms with Gasteiger partial charge in [-0.1, -0.05) is 12.1 Å². The van der Waals surface area contributed by atoms with Gasteiger partial charge in [0.25, 0.3) is 0 Å². The van der Waals surface area contributed by atoms with Gasteiger partial charge in [-0.25, -0.2) is 0 Å². The maximum atomic E-state index is 9.47. The summed E-state index contributed by atoms with van der Waals surface area (Å²) in [4.78, 5) is 0.970. The number of benzene rings is 1. The number of nitriles is 1. The fraction of sp³-hybridized carbons (Fsp3) is 0.200. The van der Waals surface area contributed by atoms with Gasteiger partial charge in [0.05, 0.1) is 22.7 Å². The minimum absolute atomic E-state index is 0.580. The Morgan fingerprint density at radius 2 is 2.25 bits per heavy atom. The Labute approximate surface area is 120 Å². The van der Waals surface area contributed by atoms with Crippen molar-refractivity contribution in [2.24, 2.45) is 7.05 Å². The van der Waals surface area contributed by atoms with Crippen LogP contribution in [0.3, 0.4) is 0 Å². The van der Waals surface area contributed by atoms with Crippen molar-refractivity contribution < 1.29 is 4.74 Å². The Morgan fingerprint density at radius 3 is 2.90 bits per heavy atom. The Morgan fingerprint density at radius 1 is 1.40 bits per heavy atom. The molecule has 0 aliphatic heterocycles. The molecule has 3 rings (SSSR count). The van der Waals surface area contributed by atoms with Gasteiger partial charge in [-0.2, -0.15) is 10.4 Å². The smallest absolute Gasteiger partial charge is 0.101 e. The monoisotopic (exact) mass is 283 g/mol. The maximum Gasteiger partial charge on any atom is 0.101 e. The predicted octanol–water partition coefficient (Wildman–Crippen LogP) is 3.32. The molecule has 0 fully saturated rings. The lowest BCUT2D eigenvalue weighted by atomic mass is 10.1. The van der Waals surface area contributed by atoms with E-state index in [9.17, 15) is 5.26 Å².